The molecule has 0 unspecified atom stereocenters. The van der Waals surface area contributed by atoms with Crippen molar-refractivity contribution < 1.29 is 4.79 Å². The molecule has 2 N–H and O–H groups in total. The van der Waals surface area contributed by atoms with Gasteiger partial charge in [0.25, 0.3) is 0 Å². The first kappa shape index (κ1) is 21.2. The topological polar surface area (TPSA) is 92.7 Å². The third-order valence-corrected chi connectivity index (χ3v) is 6.23. The summed E-state index contributed by atoms with van der Waals surface area (Å²) in [6.07, 6.45) is 3.44. The van der Waals surface area contributed by atoms with Crippen LogP contribution in [-0.4, -0.2) is 26.1 Å². The van der Waals surface area contributed by atoms with Crippen molar-refractivity contribution in [2.75, 3.05) is 10.6 Å². The Morgan fingerprint density at radius 3 is 2.74 bits per heavy atom. The average molecular weight is 469 g/mol. The van der Waals surface area contributed by atoms with Crippen LogP contribution in [0.1, 0.15) is 12.5 Å². The molecule has 31 heavy (non-hydrogen) atoms. The first-order valence-electron chi connectivity index (χ1n) is 9.23. The zero-order valence-electron chi connectivity index (χ0n) is 16.4. The van der Waals surface area contributed by atoms with Crippen molar-refractivity contribution >= 4 is 57.2 Å². The van der Waals surface area contributed by atoms with E-state index in [1.807, 2.05) is 48.5 Å². The van der Waals surface area contributed by atoms with Gasteiger partial charge in [0, 0.05) is 41.3 Å². The quantitative estimate of drug-likeness (QED) is 0.339. The molecule has 0 aliphatic carbocycles. The van der Waals surface area contributed by atoms with Gasteiger partial charge in [0.1, 0.15) is 10.8 Å². The Hall–Kier alpha value is -3.01. The number of aromatic nitrogens is 4. The predicted octanol–water partition coefficient (Wildman–Crippen LogP) is 5.64. The number of halogens is 1. The number of hydrogen-bond donors (Lipinski definition) is 2. The molecule has 10 heteroatoms. The Bertz CT molecular complexity index is 1200. The summed E-state index contributed by atoms with van der Waals surface area (Å²) < 4.78 is 0. The highest BCUT2D eigenvalue weighted by Crippen LogP contribution is 2.35. The van der Waals surface area contributed by atoms with Gasteiger partial charge in [-0.25, -0.2) is 9.97 Å². The maximum Gasteiger partial charge on any atom is 0.222 e. The van der Waals surface area contributed by atoms with E-state index < -0.39 is 0 Å². The Morgan fingerprint density at radius 2 is 1.94 bits per heavy atom. The lowest BCUT2D eigenvalue weighted by molar-refractivity contribution is -0.114. The van der Waals surface area contributed by atoms with Crippen LogP contribution in [-0.2, 0) is 10.5 Å². The SMILES string of the molecule is CC(=O)Nc1cc(CSc2ncccc2-c2nnc(Nc3ccc(Cl)cc3)s2)ccn1. The van der Waals surface area contributed by atoms with Crippen LogP contribution in [0, 0.1) is 0 Å². The summed E-state index contributed by atoms with van der Waals surface area (Å²) in [5.74, 6) is 1.06. The Balaban J connectivity index is 1.48. The number of thioether (sulfide) groups is 1. The molecule has 7 nitrogen and oxygen atoms in total. The van der Waals surface area contributed by atoms with E-state index in [4.69, 9.17) is 11.6 Å². The van der Waals surface area contributed by atoms with Crippen LogP contribution in [0.25, 0.3) is 10.6 Å². The fraction of sp³-hybridized carbons (Fsp3) is 0.0952. The van der Waals surface area contributed by atoms with E-state index in [2.05, 4.69) is 30.8 Å². The molecule has 0 bridgehead atoms. The molecule has 0 saturated heterocycles. The third-order valence-electron chi connectivity index (χ3n) is 4.03. The van der Waals surface area contributed by atoms with Gasteiger partial charge in [0.2, 0.25) is 11.0 Å². The molecule has 156 valence electrons. The van der Waals surface area contributed by atoms with Crippen molar-refractivity contribution in [1.29, 1.82) is 0 Å². The van der Waals surface area contributed by atoms with Crippen molar-refractivity contribution in [1.82, 2.24) is 20.2 Å². The molecule has 0 aliphatic heterocycles. The number of nitrogens with one attached hydrogen (secondary N) is 2. The van der Waals surface area contributed by atoms with E-state index >= 15 is 0 Å². The maximum atomic E-state index is 11.2. The molecular weight excluding hydrogens is 452 g/mol. The van der Waals surface area contributed by atoms with Crippen LogP contribution in [0.4, 0.5) is 16.6 Å². The number of benzene rings is 1. The summed E-state index contributed by atoms with van der Waals surface area (Å²) in [5.41, 5.74) is 2.84. The zero-order chi connectivity index (χ0) is 21.6. The molecule has 0 saturated carbocycles. The standard InChI is InChI=1S/C21H17ClN6OS2/c1-13(29)25-18-11-14(8-10-23-18)12-30-19-17(3-2-9-24-19)20-27-28-21(31-20)26-16-6-4-15(22)5-7-16/h2-11H,12H2,1H3,(H,26,28)(H,23,25,29). The molecule has 3 aromatic heterocycles. The molecule has 0 radical (unpaired) electrons. The third kappa shape index (κ3) is 5.78. The number of anilines is 3. The summed E-state index contributed by atoms with van der Waals surface area (Å²) in [6.45, 7) is 1.46. The summed E-state index contributed by atoms with van der Waals surface area (Å²) in [5, 5.41) is 17.5. The second-order valence-corrected chi connectivity index (χ2v) is 8.80. The molecule has 0 aliphatic rings. The van der Waals surface area contributed by atoms with Gasteiger partial charge in [0.15, 0.2) is 5.01 Å². The van der Waals surface area contributed by atoms with E-state index in [0.29, 0.717) is 21.7 Å². The van der Waals surface area contributed by atoms with E-state index in [1.54, 1.807) is 24.2 Å². The van der Waals surface area contributed by atoms with Gasteiger partial charge in [-0.1, -0.05) is 22.9 Å². The highest BCUT2D eigenvalue weighted by Gasteiger charge is 2.13. The molecule has 4 aromatic rings. The van der Waals surface area contributed by atoms with Crippen LogP contribution < -0.4 is 10.6 Å². The summed E-state index contributed by atoms with van der Waals surface area (Å²) in [4.78, 5) is 19.9. The average Bonchev–Trinajstić information content (AvgIpc) is 3.22. The monoisotopic (exact) mass is 468 g/mol. The van der Waals surface area contributed by atoms with Crippen LogP contribution in [0.5, 0.6) is 0 Å². The Morgan fingerprint density at radius 1 is 1.10 bits per heavy atom. The van der Waals surface area contributed by atoms with E-state index in [-0.39, 0.29) is 5.91 Å². The minimum Gasteiger partial charge on any atom is -0.330 e. The number of carbonyl (C=O) groups excluding carboxylic acids is 1. The predicted molar refractivity (Wildman–Crippen MR) is 126 cm³/mol. The lowest BCUT2D eigenvalue weighted by Crippen LogP contribution is -2.07. The number of rotatable bonds is 7. The van der Waals surface area contributed by atoms with Crippen molar-refractivity contribution in [2.24, 2.45) is 0 Å². The molecule has 4 rings (SSSR count). The van der Waals surface area contributed by atoms with Gasteiger partial charge in [-0.15, -0.1) is 22.0 Å². The van der Waals surface area contributed by atoms with Crippen LogP contribution in [0.2, 0.25) is 5.02 Å². The molecule has 3 heterocycles. The first-order valence-corrected chi connectivity index (χ1v) is 11.4. The Labute approximate surface area is 192 Å². The van der Waals surface area contributed by atoms with Gasteiger partial charge in [-0.2, -0.15) is 0 Å². The lowest BCUT2D eigenvalue weighted by Gasteiger charge is -2.07. The first-order chi connectivity index (χ1) is 15.1. The fourth-order valence-electron chi connectivity index (χ4n) is 2.67. The van der Waals surface area contributed by atoms with Crippen molar-refractivity contribution in [3.05, 3.63) is 71.5 Å². The van der Waals surface area contributed by atoms with Crippen LogP contribution in [0.15, 0.2) is 66.0 Å². The lowest BCUT2D eigenvalue weighted by atomic mass is 10.3. The molecule has 1 aromatic carbocycles. The van der Waals surface area contributed by atoms with Gasteiger partial charge in [-0.05, 0) is 54.1 Å². The van der Waals surface area contributed by atoms with E-state index in [1.165, 1.54) is 18.3 Å². The molecule has 0 fully saturated rings. The zero-order valence-corrected chi connectivity index (χ0v) is 18.8. The number of amides is 1. The number of carbonyl (C=O) groups is 1. The molecule has 0 spiro atoms. The second-order valence-electron chi connectivity index (χ2n) is 6.42. The molecule has 0 atom stereocenters. The van der Waals surface area contributed by atoms with Crippen molar-refractivity contribution in [3.63, 3.8) is 0 Å². The summed E-state index contributed by atoms with van der Waals surface area (Å²) in [6, 6.07) is 15.1. The fourth-order valence-corrected chi connectivity index (χ4v) is 4.59. The van der Waals surface area contributed by atoms with Crippen LogP contribution >= 0.6 is 34.7 Å². The van der Waals surface area contributed by atoms with Crippen molar-refractivity contribution in [3.8, 4) is 10.6 Å². The minimum absolute atomic E-state index is 0.149. The maximum absolute atomic E-state index is 11.2. The van der Waals surface area contributed by atoms with Gasteiger partial charge in [-0.3, -0.25) is 4.79 Å². The molecular formula is C21H17ClN6OS2. The summed E-state index contributed by atoms with van der Waals surface area (Å²) in [7, 11) is 0. The van der Waals surface area contributed by atoms with E-state index in [0.717, 1.165) is 26.8 Å². The smallest absolute Gasteiger partial charge is 0.222 e. The minimum atomic E-state index is -0.149. The van der Waals surface area contributed by atoms with E-state index in [9.17, 15) is 4.79 Å². The normalized spacial score (nSPS) is 10.6. The van der Waals surface area contributed by atoms with Gasteiger partial charge < -0.3 is 10.6 Å². The summed E-state index contributed by atoms with van der Waals surface area (Å²) >= 11 is 8.98. The van der Waals surface area contributed by atoms with Crippen molar-refractivity contribution in [2.45, 2.75) is 17.7 Å². The second kappa shape index (κ2) is 9.86. The van der Waals surface area contributed by atoms with Gasteiger partial charge in [0.05, 0.1) is 0 Å². The number of nitrogens with zero attached hydrogens (tertiary/aromatic N) is 4. The Kier molecular flexibility index (Phi) is 6.76. The number of hydrogen-bond acceptors (Lipinski definition) is 8. The van der Waals surface area contributed by atoms with Crippen LogP contribution in [0.3, 0.4) is 0 Å². The number of pyridine rings is 2. The largest absolute Gasteiger partial charge is 0.330 e. The van der Waals surface area contributed by atoms with Gasteiger partial charge >= 0.3 is 0 Å². The molecule has 1 amide bonds. The highest BCUT2D eigenvalue weighted by atomic mass is 35.5. The highest BCUT2D eigenvalue weighted by molar-refractivity contribution is 7.98.